The summed E-state index contributed by atoms with van der Waals surface area (Å²) in [5.41, 5.74) is 0.947. The van der Waals surface area contributed by atoms with Crippen LogP contribution in [0.3, 0.4) is 0 Å². The van der Waals surface area contributed by atoms with Crippen molar-refractivity contribution in [2.24, 2.45) is 0 Å². The zero-order chi connectivity index (χ0) is 19.7. The van der Waals surface area contributed by atoms with Crippen LogP contribution in [0.4, 0.5) is 10.5 Å². The van der Waals surface area contributed by atoms with Crippen molar-refractivity contribution in [2.75, 3.05) is 24.9 Å². The first-order chi connectivity index (χ1) is 12.1. The molecule has 1 atom stereocenters. The maximum absolute atomic E-state index is 12.0. The van der Waals surface area contributed by atoms with E-state index >= 15 is 0 Å². The highest BCUT2D eigenvalue weighted by atomic mass is 35.5. The van der Waals surface area contributed by atoms with Gasteiger partial charge in [0.15, 0.2) is 0 Å². The van der Waals surface area contributed by atoms with Crippen molar-refractivity contribution in [3.05, 3.63) is 23.8 Å². The molecule has 0 aliphatic heterocycles. The molecule has 0 aromatic heterocycles. The highest BCUT2D eigenvalue weighted by Gasteiger charge is 2.22. The summed E-state index contributed by atoms with van der Waals surface area (Å²) < 4.78 is 10.6. The van der Waals surface area contributed by atoms with Crippen molar-refractivity contribution in [3.8, 4) is 5.75 Å². The molecule has 1 amide bonds. The SMILES string of the molecule is COc1ccc(NCCCl)cc1C[C@@H](CC(=O)O)NC(=O)OC(C)(C)C. The fourth-order valence-corrected chi connectivity index (χ4v) is 2.46. The van der Waals surface area contributed by atoms with Gasteiger partial charge in [-0.15, -0.1) is 11.6 Å². The van der Waals surface area contributed by atoms with Gasteiger partial charge in [0.25, 0.3) is 0 Å². The van der Waals surface area contributed by atoms with Crippen molar-refractivity contribution in [3.63, 3.8) is 0 Å². The summed E-state index contributed by atoms with van der Waals surface area (Å²) in [5.74, 6) is 0.0627. The second kappa shape index (κ2) is 10.1. The number of ether oxygens (including phenoxy) is 2. The molecule has 0 saturated heterocycles. The van der Waals surface area contributed by atoms with E-state index in [1.807, 2.05) is 12.1 Å². The van der Waals surface area contributed by atoms with Gasteiger partial charge in [-0.3, -0.25) is 4.79 Å². The van der Waals surface area contributed by atoms with Crippen molar-refractivity contribution in [1.82, 2.24) is 5.32 Å². The third-order valence-electron chi connectivity index (χ3n) is 3.31. The number of carboxylic acid groups (broad SMARTS) is 1. The van der Waals surface area contributed by atoms with E-state index in [1.54, 1.807) is 26.8 Å². The van der Waals surface area contributed by atoms with Crippen LogP contribution in [0.1, 0.15) is 32.8 Å². The van der Waals surface area contributed by atoms with Gasteiger partial charge in [0.05, 0.1) is 13.5 Å². The molecule has 0 aliphatic rings. The molecule has 1 rings (SSSR count). The summed E-state index contributed by atoms with van der Waals surface area (Å²) in [6.45, 7) is 5.83. The van der Waals surface area contributed by atoms with Gasteiger partial charge in [-0.25, -0.2) is 4.79 Å². The number of methoxy groups -OCH3 is 1. The molecule has 0 fully saturated rings. The predicted octanol–water partition coefficient (Wildman–Crippen LogP) is 3.26. The maximum Gasteiger partial charge on any atom is 0.407 e. The molecule has 1 aromatic rings. The van der Waals surface area contributed by atoms with Crippen LogP contribution in [0.5, 0.6) is 5.75 Å². The molecule has 7 nitrogen and oxygen atoms in total. The summed E-state index contributed by atoms with van der Waals surface area (Å²) in [5, 5.41) is 14.9. The number of hydrogen-bond donors (Lipinski definition) is 3. The molecule has 146 valence electrons. The predicted molar refractivity (Wildman–Crippen MR) is 101 cm³/mol. The molecule has 0 radical (unpaired) electrons. The molecular formula is C18H27ClN2O5. The van der Waals surface area contributed by atoms with Gasteiger partial charge in [-0.2, -0.15) is 0 Å². The monoisotopic (exact) mass is 386 g/mol. The molecule has 0 aliphatic carbocycles. The lowest BCUT2D eigenvalue weighted by molar-refractivity contribution is -0.137. The largest absolute Gasteiger partial charge is 0.496 e. The Bertz CT molecular complexity index is 616. The number of alkyl halides is 1. The van der Waals surface area contributed by atoms with Crippen LogP contribution >= 0.6 is 11.6 Å². The van der Waals surface area contributed by atoms with Gasteiger partial charge in [-0.05, 0) is 51.0 Å². The van der Waals surface area contributed by atoms with E-state index in [2.05, 4.69) is 10.6 Å². The molecule has 0 unspecified atom stereocenters. The smallest absolute Gasteiger partial charge is 0.407 e. The zero-order valence-corrected chi connectivity index (χ0v) is 16.4. The van der Waals surface area contributed by atoms with Gasteiger partial charge < -0.3 is 25.2 Å². The summed E-state index contributed by atoms with van der Waals surface area (Å²) in [6, 6.07) is 4.86. The Morgan fingerprint density at radius 1 is 1.31 bits per heavy atom. The maximum atomic E-state index is 12.0. The number of nitrogens with one attached hydrogen (secondary N) is 2. The van der Waals surface area contributed by atoms with E-state index in [0.717, 1.165) is 11.3 Å². The Labute approximate surface area is 159 Å². The number of carboxylic acids is 1. The molecule has 8 heteroatoms. The van der Waals surface area contributed by atoms with Crippen molar-refractivity contribution in [2.45, 2.75) is 45.3 Å². The Kier molecular flexibility index (Phi) is 8.51. The molecule has 3 N–H and O–H groups in total. The Morgan fingerprint density at radius 2 is 2.00 bits per heavy atom. The average Bonchev–Trinajstić information content (AvgIpc) is 2.50. The standard InChI is InChI=1S/C18H27ClN2O5/c1-18(2,3)26-17(24)21-14(11-16(22)23)10-12-9-13(20-8-7-19)5-6-15(12)25-4/h5-6,9,14,20H,7-8,10-11H2,1-4H3,(H,21,24)(H,22,23)/t14-/m0/s1. The van der Waals surface area contributed by atoms with Crippen LogP contribution in [-0.2, 0) is 16.0 Å². The minimum absolute atomic E-state index is 0.234. The van der Waals surface area contributed by atoms with Crippen LogP contribution in [0.15, 0.2) is 18.2 Å². The molecule has 0 saturated carbocycles. The minimum Gasteiger partial charge on any atom is -0.496 e. The number of alkyl carbamates (subject to hydrolysis) is 1. The quantitative estimate of drug-likeness (QED) is 0.563. The number of anilines is 1. The molecular weight excluding hydrogens is 360 g/mol. The van der Waals surface area contributed by atoms with Gasteiger partial charge >= 0.3 is 12.1 Å². The van der Waals surface area contributed by atoms with E-state index in [9.17, 15) is 9.59 Å². The third-order valence-corrected chi connectivity index (χ3v) is 3.50. The first-order valence-corrected chi connectivity index (χ1v) is 8.86. The van der Waals surface area contributed by atoms with E-state index in [4.69, 9.17) is 26.2 Å². The summed E-state index contributed by atoms with van der Waals surface area (Å²) >= 11 is 5.69. The number of amides is 1. The first kappa shape index (κ1) is 21.9. The zero-order valence-electron chi connectivity index (χ0n) is 15.6. The molecule has 0 heterocycles. The van der Waals surface area contributed by atoms with E-state index in [1.165, 1.54) is 7.11 Å². The van der Waals surface area contributed by atoms with Gasteiger partial charge in [0.1, 0.15) is 11.4 Å². The van der Waals surface area contributed by atoms with Crippen molar-refractivity contribution in [1.29, 1.82) is 0 Å². The van der Waals surface area contributed by atoms with Crippen molar-refractivity contribution < 1.29 is 24.2 Å². The highest BCUT2D eigenvalue weighted by Crippen LogP contribution is 2.25. The fraction of sp³-hybridized carbons (Fsp3) is 0.556. The van der Waals surface area contributed by atoms with Crippen LogP contribution in [-0.4, -0.2) is 48.3 Å². The van der Waals surface area contributed by atoms with Gasteiger partial charge in [-0.1, -0.05) is 0 Å². The fourth-order valence-electron chi connectivity index (χ4n) is 2.36. The van der Waals surface area contributed by atoms with Gasteiger partial charge in [0, 0.05) is 24.2 Å². The van der Waals surface area contributed by atoms with Crippen LogP contribution in [0.2, 0.25) is 0 Å². The molecule has 0 spiro atoms. The van der Waals surface area contributed by atoms with E-state index in [0.29, 0.717) is 18.2 Å². The number of hydrogen-bond acceptors (Lipinski definition) is 5. The number of halogens is 1. The third kappa shape index (κ3) is 8.29. The topological polar surface area (TPSA) is 96.9 Å². The Morgan fingerprint density at radius 3 is 2.54 bits per heavy atom. The number of carbonyl (C=O) groups excluding carboxylic acids is 1. The second-order valence-electron chi connectivity index (χ2n) is 6.79. The summed E-state index contributed by atoms with van der Waals surface area (Å²) in [7, 11) is 1.54. The van der Waals surface area contributed by atoms with Crippen LogP contribution < -0.4 is 15.4 Å². The van der Waals surface area contributed by atoms with Gasteiger partial charge in [0.2, 0.25) is 0 Å². The minimum atomic E-state index is -1.01. The van der Waals surface area contributed by atoms with Crippen molar-refractivity contribution >= 4 is 29.4 Å². The Balaban J connectivity index is 2.95. The van der Waals surface area contributed by atoms with E-state index < -0.39 is 23.7 Å². The van der Waals surface area contributed by atoms with E-state index in [-0.39, 0.29) is 12.8 Å². The lowest BCUT2D eigenvalue weighted by Gasteiger charge is -2.23. The molecule has 1 aromatic carbocycles. The number of carbonyl (C=O) groups is 2. The van der Waals surface area contributed by atoms with Crippen LogP contribution in [0.25, 0.3) is 0 Å². The number of aliphatic carboxylic acids is 1. The number of rotatable bonds is 9. The lowest BCUT2D eigenvalue weighted by Crippen LogP contribution is -2.41. The Hall–Kier alpha value is -2.15. The normalized spacial score (nSPS) is 12.2. The summed E-state index contributed by atoms with van der Waals surface area (Å²) in [6.07, 6.45) is -0.605. The second-order valence-corrected chi connectivity index (χ2v) is 7.17. The lowest BCUT2D eigenvalue weighted by atomic mass is 10.0. The highest BCUT2D eigenvalue weighted by molar-refractivity contribution is 6.18. The van der Waals surface area contributed by atoms with Crippen LogP contribution in [0, 0.1) is 0 Å². The molecule has 0 bridgehead atoms. The summed E-state index contributed by atoms with van der Waals surface area (Å²) in [4.78, 5) is 23.2. The molecule has 26 heavy (non-hydrogen) atoms. The first-order valence-electron chi connectivity index (χ1n) is 8.32. The number of benzene rings is 1. The average molecular weight is 387 g/mol.